The number of aliphatic carboxylic acids is 1. The number of carboxylic acid groups (broad SMARTS) is 1. The van der Waals surface area contributed by atoms with Gasteiger partial charge in [-0.1, -0.05) is 6.07 Å². The number of carbonyl (C=O) groups is 2. The molecule has 21 heavy (non-hydrogen) atoms. The number of hydrogen-bond donors (Lipinski definition) is 2. The lowest BCUT2D eigenvalue weighted by Crippen LogP contribution is -2.53. The average molecular weight is 292 g/mol. The number of pyridine rings is 1. The quantitative estimate of drug-likeness (QED) is 0.856. The maximum Gasteiger partial charge on any atom is 0.317 e. The summed E-state index contributed by atoms with van der Waals surface area (Å²) in [6.45, 7) is 4.33. The van der Waals surface area contributed by atoms with Crippen molar-refractivity contribution in [3.8, 4) is 0 Å². The zero-order chi connectivity index (χ0) is 15.2. The van der Waals surface area contributed by atoms with Gasteiger partial charge in [0.15, 0.2) is 0 Å². The highest BCUT2D eigenvalue weighted by molar-refractivity contribution is 5.76. The summed E-state index contributed by atoms with van der Waals surface area (Å²) >= 11 is 0. The van der Waals surface area contributed by atoms with Gasteiger partial charge in [-0.15, -0.1) is 0 Å². The smallest absolute Gasteiger partial charge is 0.317 e. The van der Waals surface area contributed by atoms with Gasteiger partial charge >= 0.3 is 12.0 Å². The van der Waals surface area contributed by atoms with Crippen LogP contribution in [0.5, 0.6) is 0 Å². The van der Waals surface area contributed by atoms with E-state index in [9.17, 15) is 9.59 Å². The largest absolute Gasteiger partial charge is 0.481 e. The highest BCUT2D eigenvalue weighted by Gasteiger charge is 2.23. The van der Waals surface area contributed by atoms with Crippen LogP contribution in [0.4, 0.5) is 10.6 Å². The van der Waals surface area contributed by atoms with Crippen molar-refractivity contribution < 1.29 is 14.7 Å². The molecule has 1 atom stereocenters. The summed E-state index contributed by atoms with van der Waals surface area (Å²) in [6.07, 6.45) is 1.68. The Balaban J connectivity index is 1.81. The minimum atomic E-state index is -0.914. The van der Waals surface area contributed by atoms with Crippen LogP contribution in [0.15, 0.2) is 24.4 Å². The van der Waals surface area contributed by atoms with Gasteiger partial charge in [-0.2, -0.15) is 0 Å². The molecule has 0 saturated carbocycles. The van der Waals surface area contributed by atoms with E-state index in [-0.39, 0.29) is 18.5 Å². The van der Waals surface area contributed by atoms with Crippen LogP contribution < -0.4 is 10.2 Å². The normalized spacial score (nSPS) is 16.4. The molecule has 114 valence electrons. The third-order valence-electron chi connectivity index (χ3n) is 3.39. The Kier molecular flexibility index (Phi) is 4.97. The molecular formula is C14H20N4O3. The van der Waals surface area contributed by atoms with Crippen molar-refractivity contribution >= 4 is 17.8 Å². The maximum absolute atomic E-state index is 12.0. The number of urea groups is 1. The first-order valence-corrected chi connectivity index (χ1v) is 6.99. The van der Waals surface area contributed by atoms with Crippen LogP contribution in [-0.4, -0.2) is 59.2 Å². The van der Waals surface area contributed by atoms with E-state index in [1.165, 1.54) is 0 Å². The number of aromatic nitrogens is 1. The Labute approximate surface area is 123 Å². The minimum Gasteiger partial charge on any atom is -0.481 e. The molecule has 2 rings (SSSR count). The molecule has 7 heteroatoms. The lowest BCUT2D eigenvalue weighted by molar-refractivity contribution is -0.137. The fraction of sp³-hybridized carbons (Fsp3) is 0.500. The number of carbonyl (C=O) groups excluding carboxylic acids is 1. The average Bonchev–Trinajstić information content (AvgIpc) is 2.47. The van der Waals surface area contributed by atoms with Crippen molar-refractivity contribution in [1.29, 1.82) is 0 Å². The summed E-state index contributed by atoms with van der Waals surface area (Å²) in [4.78, 5) is 30.7. The second kappa shape index (κ2) is 6.92. The number of hydrogen-bond acceptors (Lipinski definition) is 4. The van der Waals surface area contributed by atoms with E-state index in [0.29, 0.717) is 13.1 Å². The predicted molar refractivity (Wildman–Crippen MR) is 78.3 cm³/mol. The molecule has 1 saturated heterocycles. The van der Waals surface area contributed by atoms with Crippen LogP contribution in [0.3, 0.4) is 0 Å². The van der Waals surface area contributed by atoms with Crippen LogP contribution in [-0.2, 0) is 4.79 Å². The van der Waals surface area contributed by atoms with E-state index in [0.717, 1.165) is 18.9 Å². The molecule has 2 N–H and O–H groups in total. The Morgan fingerprint density at radius 3 is 2.62 bits per heavy atom. The van der Waals surface area contributed by atoms with E-state index >= 15 is 0 Å². The molecule has 1 fully saturated rings. The Morgan fingerprint density at radius 2 is 2.05 bits per heavy atom. The van der Waals surface area contributed by atoms with Gasteiger partial charge in [0.1, 0.15) is 5.82 Å². The topological polar surface area (TPSA) is 85.8 Å². The van der Waals surface area contributed by atoms with E-state index < -0.39 is 5.97 Å². The van der Waals surface area contributed by atoms with Crippen LogP contribution in [0.25, 0.3) is 0 Å². The summed E-state index contributed by atoms with van der Waals surface area (Å²) in [6, 6.07) is 5.18. The second-order valence-electron chi connectivity index (χ2n) is 5.11. The number of piperazine rings is 1. The van der Waals surface area contributed by atoms with Gasteiger partial charge < -0.3 is 20.2 Å². The summed E-state index contributed by atoms with van der Waals surface area (Å²) in [7, 11) is 0. The molecule has 1 aromatic heterocycles. The van der Waals surface area contributed by atoms with Gasteiger partial charge in [-0.25, -0.2) is 9.78 Å². The van der Waals surface area contributed by atoms with Gasteiger partial charge in [-0.3, -0.25) is 4.79 Å². The van der Waals surface area contributed by atoms with E-state index in [1.54, 1.807) is 18.0 Å². The Bertz CT molecular complexity index is 486. The SMILES string of the molecule is CC(CC(=O)O)NC(=O)N1CCN(c2ccccn2)CC1. The molecule has 0 aliphatic carbocycles. The van der Waals surface area contributed by atoms with Crippen molar-refractivity contribution in [1.82, 2.24) is 15.2 Å². The molecule has 2 amide bonds. The van der Waals surface area contributed by atoms with Crippen molar-refractivity contribution in [3.63, 3.8) is 0 Å². The van der Waals surface area contributed by atoms with Gasteiger partial charge in [0.05, 0.1) is 6.42 Å². The Morgan fingerprint density at radius 1 is 1.33 bits per heavy atom. The number of carboxylic acids is 1. The lowest BCUT2D eigenvalue weighted by atomic mass is 10.2. The van der Waals surface area contributed by atoms with Gasteiger partial charge in [0, 0.05) is 38.4 Å². The lowest BCUT2D eigenvalue weighted by Gasteiger charge is -2.35. The summed E-state index contributed by atoms with van der Waals surface area (Å²) in [5.74, 6) is -0.000394. The van der Waals surface area contributed by atoms with Crippen molar-refractivity contribution in [2.24, 2.45) is 0 Å². The molecule has 1 aliphatic heterocycles. The third-order valence-corrected chi connectivity index (χ3v) is 3.39. The first-order valence-electron chi connectivity index (χ1n) is 6.99. The van der Waals surface area contributed by atoms with Gasteiger partial charge in [-0.05, 0) is 19.1 Å². The maximum atomic E-state index is 12.0. The molecule has 0 radical (unpaired) electrons. The fourth-order valence-electron chi connectivity index (χ4n) is 2.29. The molecule has 7 nitrogen and oxygen atoms in total. The van der Waals surface area contributed by atoms with Crippen LogP contribution in [0.2, 0.25) is 0 Å². The van der Waals surface area contributed by atoms with Gasteiger partial charge in [0.2, 0.25) is 0 Å². The van der Waals surface area contributed by atoms with Crippen molar-refractivity contribution in [3.05, 3.63) is 24.4 Å². The first-order chi connectivity index (χ1) is 10.1. The summed E-state index contributed by atoms with van der Waals surface area (Å²) < 4.78 is 0. The zero-order valence-electron chi connectivity index (χ0n) is 12.0. The highest BCUT2D eigenvalue weighted by atomic mass is 16.4. The summed E-state index contributed by atoms with van der Waals surface area (Å²) in [5.41, 5.74) is 0. The molecule has 2 heterocycles. The van der Waals surface area contributed by atoms with E-state index in [2.05, 4.69) is 15.2 Å². The monoisotopic (exact) mass is 292 g/mol. The van der Waals surface area contributed by atoms with Crippen molar-refractivity contribution in [2.45, 2.75) is 19.4 Å². The van der Waals surface area contributed by atoms with E-state index in [4.69, 9.17) is 5.11 Å². The second-order valence-corrected chi connectivity index (χ2v) is 5.11. The summed E-state index contributed by atoms with van der Waals surface area (Å²) in [5, 5.41) is 11.4. The molecule has 1 aromatic rings. The fourth-order valence-corrected chi connectivity index (χ4v) is 2.29. The van der Waals surface area contributed by atoms with Gasteiger partial charge in [0.25, 0.3) is 0 Å². The van der Waals surface area contributed by atoms with Crippen LogP contribution in [0, 0.1) is 0 Å². The molecule has 1 aliphatic rings. The molecule has 0 bridgehead atoms. The van der Waals surface area contributed by atoms with Crippen LogP contribution in [0.1, 0.15) is 13.3 Å². The molecule has 1 unspecified atom stereocenters. The molecular weight excluding hydrogens is 272 g/mol. The first kappa shape index (κ1) is 15.1. The molecule has 0 spiro atoms. The Hall–Kier alpha value is -2.31. The zero-order valence-corrected chi connectivity index (χ0v) is 12.0. The van der Waals surface area contributed by atoms with Crippen LogP contribution >= 0.6 is 0 Å². The number of amides is 2. The number of nitrogens with zero attached hydrogens (tertiary/aromatic N) is 3. The third kappa shape index (κ3) is 4.34. The number of anilines is 1. The standard InChI is InChI=1S/C14H20N4O3/c1-11(10-13(19)20)16-14(21)18-8-6-17(7-9-18)12-4-2-3-5-15-12/h2-5,11H,6-10H2,1H3,(H,16,21)(H,19,20). The minimum absolute atomic E-state index is 0.0698. The number of nitrogens with one attached hydrogen (secondary N) is 1. The predicted octanol–water partition coefficient (Wildman–Crippen LogP) is 0.776. The molecule has 0 aromatic carbocycles. The van der Waals surface area contributed by atoms with E-state index in [1.807, 2.05) is 18.2 Å². The van der Waals surface area contributed by atoms with Crippen molar-refractivity contribution in [2.75, 3.05) is 31.1 Å². The number of rotatable bonds is 4. The highest BCUT2D eigenvalue weighted by Crippen LogP contribution is 2.12.